The van der Waals surface area contributed by atoms with E-state index >= 15 is 0 Å². The lowest BCUT2D eigenvalue weighted by Gasteiger charge is -2.09. The van der Waals surface area contributed by atoms with Crippen molar-refractivity contribution in [1.29, 1.82) is 0 Å². The van der Waals surface area contributed by atoms with Gasteiger partial charge in [-0.05, 0) is 48.4 Å². The van der Waals surface area contributed by atoms with E-state index in [1.54, 1.807) is 17.5 Å². The standard InChI is InChI=1S/C21H19F3N2O2S/c1-2-11-25-19(27)18-13-29-20(26-18)15-5-9-17(10-6-15)28-12-14-3-7-16(8-4-14)21(22,23)24/h3-10,13H,2,11-12H2,1H3,(H,25,27). The molecule has 0 spiro atoms. The van der Waals surface area contributed by atoms with Crippen LogP contribution in [0.2, 0.25) is 0 Å². The molecule has 29 heavy (non-hydrogen) atoms. The number of hydrogen-bond donors (Lipinski definition) is 1. The lowest BCUT2D eigenvalue weighted by molar-refractivity contribution is -0.137. The first-order chi connectivity index (χ1) is 13.9. The minimum Gasteiger partial charge on any atom is -0.489 e. The highest BCUT2D eigenvalue weighted by Gasteiger charge is 2.29. The van der Waals surface area contributed by atoms with Gasteiger partial charge in [0.25, 0.3) is 5.91 Å². The Bertz CT molecular complexity index is 951. The van der Waals surface area contributed by atoms with Crippen molar-refractivity contribution in [2.24, 2.45) is 0 Å². The van der Waals surface area contributed by atoms with Gasteiger partial charge in [-0.25, -0.2) is 4.98 Å². The van der Waals surface area contributed by atoms with Gasteiger partial charge in [0, 0.05) is 17.5 Å². The molecule has 0 radical (unpaired) electrons. The molecule has 4 nitrogen and oxygen atoms in total. The molecule has 3 aromatic rings. The van der Waals surface area contributed by atoms with Gasteiger partial charge in [0.05, 0.1) is 5.56 Å². The van der Waals surface area contributed by atoms with E-state index in [4.69, 9.17) is 4.74 Å². The number of amides is 1. The molecule has 0 fully saturated rings. The molecule has 1 N–H and O–H groups in total. The Labute approximate surface area is 170 Å². The van der Waals surface area contributed by atoms with Crippen LogP contribution in [0.4, 0.5) is 13.2 Å². The zero-order valence-corrected chi connectivity index (χ0v) is 16.4. The van der Waals surface area contributed by atoms with Gasteiger partial charge in [-0.2, -0.15) is 13.2 Å². The number of alkyl halides is 3. The van der Waals surface area contributed by atoms with Crippen molar-refractivity contribution in [3.63, 3.8) is 0 Å². The number of carbonyl (C=O) groups is 1. The van der Waals surface area contributed by atoms with Crippen molar-refractivity contribution in [1.82, 2.24) is 10.3 Å². The van der Waals surface area contributed by atoms with E-state index in [9.17, 15) is 18.0 Å². The Morgan fingerprint density at radius 3 is 2.41 bits per heavy atom. The summed E-state index contributed by atoms with van der Waals surface area (Å²) in [7, 11) is 0. The van der Waals surface area contributed by atoms with Crippen LogP contribution in [0, 0.1) is 0 Å². The number of hydrogen-bond acceptors (Lipinski definition) is 4. The first-order valence-corrected chi connectivity index (χ1v) is 9.88. The van der Waals surface area contributed by atoms with Gasteiger partial charge in [0.1, 0.15) is 23.1 Å². The fourth-order valence-electron chi connectivity index (χ4n) is 2.49. The minimum absolute atomic E-state index is 0.163. The average Bonchev–Trinajstić information content (AvgIpc) is 3.21. The van der Waals surface area contributed by atoms with Crippen LogP contribution in [0.5, 0.6) is 5.75 Å². The van der Waals surface area contributed by atoms with Crippen molar-refractivity contribution < 1.29 is 22.7 Å². The molecule has 0 bridgehead atoms. The number of ether oxygens (including phenoxy) is 1. The third kappa shape index (κ3) is 5.57. The van der Waals surface area contributed by atoms with Crippen LogP contribution in [0.25, 0.3) is 10.6 Å². The number of nitrogens with zero attached hydrogens (tertiary/aromatic N) is 1. The fraction of sp³-hybridized carbons (Fsp3) is 0.238. The summed E-state index contributed by atoms with van der Waals surface area (Å²) in [5, 5.41) is 5.23. The Hall–Kier alpha value is -2.87. The third-order valence-corrected chi connectivity index (χ3v) is 4.95. The normalized spacial score (nSPS) is 11.3. The molecule has 0 aliphatic rings. The van der Waals surface area contributed by atoms with Gasteiger partial charge in [0.15, 0.2) is 0 Å². The van der Waals surface area contributed by atoms with E-state index in [0.29, 0.717) is 23.6 Å². The Morgan fingerprint density at radius 1 is 1.10 bits per heavy atom. The highest BCUT2D eigenvalue weighted by atomic mass is 32.1. The summed E-state index contributed by atoms with van der Waals surface area (Å²) in [4.78, 5) is 16.3. The number of halogens is 3. The Kier molecular flexibility index (Phi) is 6.53. The van der Waals surface area contributed by atoms with Gasteiger partial charge in [-0.3, -0.25) is 4.79 Å². The molecule has 0 saturated carbocycles. The van der Waals surface area contributed by atoms with E-state index < -0.39 is 11.7 Å². The van der Waals surface area contributed by atoms with Crippen LogP contribution in [0.1, 0.15) is 35.0 Å². The SMILES string of the molecule is CCCNC(=O)c1csc(-c2ccc(OCc3ccc(C(F)(F)F)cc3)cc2)n1. The molecule has 0 aliphatic carbocycles. The Balaban J connectivity index is 1.59. The lowest BCUT2D eigenvalue weighted by Crippen LogP contribution is -2.24. The first kappa shape index (κ1) is 20.9. The van der Waals surface area contributed by atoms with E-state index in [1.807, 2.05) is 19.1 Å². The highest BCUT2D eigenvalue weighted by Crippen LogP contribution is 2.29. The monoisotopic (exact) mass is 420 g/mol. The average molecular weight is 420 g/mol. The maximum atomic E-state index is 12.6. The molecule has 1 heterocycles. The largest absolute Gasteiger partial charge is 0.489 e. The van der Waals surface area contributed by atoms with Crippen LogP contribution in [-0.4, -0.2) is 17.4 Å². The van der Waals surface area contributed by atoms with E-state index in [2.05, 4.69) is 10.3 Å². The number of rotatable bonds is 7. The summed E-state index contributed by atoms with van der Waals surface area (Å²) in [6.07, 6.45) is -3.49. The van der Waals surface area contributed by atoms with Crippen molar-refractivity contribution in [2.45, 2.75) is 26.1 Å². The quantitative estimate of drug-likeness (QED) is 0.545. The maximum Gasteiger partial charge on any atom is 0.416 e. The molecule has 8 heteroatoms. The summed E-state index contributed by atoms with van der Waals surface area (Å²) >= 11 is 1.38. The minimum atomic E-state index is -4.35. The summed E-state index contributed by atoms with van der Waals surface area (Å²) in [6.45, 7) is 2.75. The second-order valence-corrected chi connectivity index (χ2v) is 7.16. The van der Waals surface area contributed by atoms with E-state index in [1.165, 1.54) is 23.5 Å². The summed E-state index contributed by atoms with van der Waals surface area (Å²) < 4.78 is 43.4. The number of carbonyl (C=O) groups excluding carboxylic acids is 1. The van der Waals surface area contributed by atoms with Gasteiger partial charge in [-0.15, -0.1) is 11.3 Å². The third-order valence-electron chi connectivity index (χ3n) is 4.06. The molecule has 0 saturated heterocycles. The lowest BCUT2D eigenvalue weighted by atomic mass is 10.1. The van der Waals surface area contributed by atoms with Gasteiger partial charge < -0.3 is 10.1 Å². The fourth-order valence-corrected chi connectivity index (χ4v) is 3.30. The summed E-state index contributed by atoms with van der Waals surface area (Å²) in [5.41, 5.74) is 1.20. The predicted octanol–water partition coefficient (Wildman–Crippen LogP) is 5.55. The van der Waals surface area contributed by atoms with Crippen molar-refractivity contribution >= 4 is 17.2 Å². The van der Waals surface area contributed by atoms with Gasteiger partial charge in [0.2, 0.25) is 0 Å². The maximum absolute atomic E-state index is 12.6. The molecule has 0 atom stereocenters. The smallest absolute Gasteiger partial charge is 0.416 e. The van der Waals surface area contributed by atoms with Crippen LogP contribution in [0.15, 0.2) is 53.9 Å². The number of nitrogens with one attached hydrogen (secondary N) is 1. The molecule has 0 aliphatic heterocycles. The van der Waals surface area contributed by atoms with Crippen molar-refractivity contribution in [2.75, 3.05) is 6.54 Å². The Morgan fingerprint density at radius 2 is 1.79 bits per heavy atom. The highest BCUT2D eigenvalue weighted by molar-refractivity contribution is 7.13. The summed E-state index contributed by atoms with van der Waals surface area (Å²) in [5.74, 6) is 0.400. The second kappa shape index (κ2) is 9.09. The number of thiazole rings is 1. The first-order valence-electron chi connectivity index (χ1n) is 9.00. The van der Waals surface area contributed by atoms with Crippen LogP contribution < -0.4 is 10.1 Å². The van der Waals surface area contributed by atoms with Gasteiger partial charge in [-0.1, -0.05) is 19.1 Å². The molecule has 2 aromatic carbocycles. The predicted molar refractivity (Wildman–Crippen MR) is 106 cm³/mol. The molecule has 1 amide bonds. The zero-order valence-electron chi connectivity index (χ0n) is 15.6. The molecule has 152 valence electrons. The van der Waals surface area contributed by atoms with Crippen molar-refractivity contribution in [3.05, 3.63) is 70.7 Å². The second-order valence-electron chi connectivity index (χ2n) is 6.30. The molecular weight excluding hydrogens is 401 g/mol. The van der Waals surface area contributed by atoms with Crippen LogP contribution in [0.3, 0.4) is 0 Å². The van der Waals surface area contributed by atoms with Crippen LogP contribution >= 0.6 is 11.3 Å². The van der Waals surface area contributed by atoms with Crippen molar-refractivity contribution in [3.8, 4) is 16.3 Å². The van der Waals surface area contributed by atoms with E-state index in [-0.39, 0.29) is 12.5 Å². The molecular formula is C21H19F3N2O2S. The number of benzene rings is 2. The topological polar surface area (TPSA) is 51.2 Å². The number of aromatic nitrogens is 1. The van der Waals surface area contributed by atoms with Crippen LogP contribution in [-0.2, 0) is 12.8 Å². The molecule has 1 aromatic heterocycles. The molecule has 3 rings (SSSR count). The van der Waals surface area contributed by atoms with Gasteiger partial charge >= 0.3 is 6.18 Å². The molecule has 0 unspecified atom stereocenters. The zero-order chi connectivity index (χ0) is 20.9. The summed E-state index contributed by atoms with van der Waals surface area (Å²) in [6, 6.07) is 12.1. The van der Waals surface area contributed by atoms with E-state index in [0.717, 1.165) is 29.1 Å².